The number of amides is 1. The van der Waals surface area contributed by atoms with Gasteiger partial charge in [0.15, 0.2) is 0 Å². The predicted octanol–water partition coefficient (Wildman–Crippen LogP) is 2.16. The number of likely N-dealkylation sites (tertiary alicyclic amines) is 1. The van der Waals surface area contributed by atoms with Crippen LogP contribution in [0.5, 0.6) is 5.75 Å². The smallest absolute Gasteiger partial charge is 0.251 e. The quantitative estimate of drug-likeness (QED) is 0.840. The number of hydrogen-bond donors (Lipinski definition) is 0. The molecule has 0 N–H and O–H groups in total. The summed E-state index contributed by atoms with van der Waals surface area (Å²) in [5.41, 5.74) is 0.889. The van der Waals surface area contributed by atoms with Gasteiger partial charge in [0.2, 0.25) is 0 Å². The van der Waals surface area contributed by atoms with Gasteiger partial charge in [-0.15, -0.1) is 0 Å². The van der Waals surface area contributed by atoms with Gasteiger partial charge in [-0.25, -0.2) is 9.67 Å². The highest BCUT2D eigenvalue weighted by atomic mass is 16.5. The van der Waals surface area contributed by atoms with Crippen molar-refractivity contribution >= 4 is 5.91 Å². The van der Waals surface area contributed by atoms with Gasteiger partial charge < -0.3 is 14.4 Å². The number of nitrogens with zero attached hydrogens (tertiary/aromatic N) is 4. The number of ether oxygens (including phenoxy) is 2. The van der Waals surface area contributed by atoms with Gasteiger partial charge in [0.25, 0.3) is 5.91 Å². The Morgan fingerprint density at radius 3 is 2.77 bits per heavy atom. The van der Waals surface area contributed by atoms with Crippen LogP contribution in [0.2, 0.25) is 0 Å². The van der Waals surface area contributed by atoms with Gasteiger partial charge in [0.1, 0.15) is 29.7 Å². The minimum absolute atomic E-state index is 0.146. The predicted molar refractivity (Wildman–Crippen MR) is 95.4 cm³/mol. The molecule has 2 aliphatic heterocycles. The molecular formula is C19H24N4O3. The summed E-state index contributed by atoms with van der Waals surface area (Å²) in [7, 11) is 1.66. The molecule has 0 aliphatic carbocycles. The molecule has 7 nitrogen and oxygen atoms in total. The summed E-state index contributed by atoms with van der Waals surface area (Å²) < 4.78 is 12.9. The van der Waals surface area contributed by atoms with E-state index in [2.05, 4.69) is 10.1 Å². The number of hydrogen-bond acceptors (Lipinski definition) is 5. The van der Waals surface area contributed by atoms with Crippen molar-refractivity contribution < 1.29 is 14.3 Å². The van der Waals surface area contributed by atoms with Gasteiger partial charge in [-0.2, -0.15) is 5.10 Å². The molecule has 4 rings (SSSR count). The lowest BCUT2D eigenvalue weighted by Crippen LogP contribution is -2.43. The highest BCUT2D eigenvalue weighted by Crippen LogP contribution is 2.31. The van der Waals surface area contributed by atoms with Crippen LogP contribution in [0.25, 0.3) is 5.69 Å². The molecule has 0 saturated carbocycles. The van der Waals surface area contributed by atoms with Crippen molar-refractivity contribution in [2.24, 2.45) is 0 Å². The van der Waals surface area contributed by atoms with E-state index in [1.54, 1.807) is 13.4 Å². The summed E-state index contributed by atoms with van der Waals surface area (Å²) in [6, 6.07) is 7.80. The van der Waals surface area contributed by atoms with Crippen molar-refractivity contribution in [3.05, 3.63) is 36.4 Å². The van der Waals surface area contributed by atoms with Gasteiger partial charge >= 0.3 is 0 Å². The third-order valence-corrected chi connectivity index (χ3v) is 5.26. The Hall–Kier alpha value is -2.41. The van der Waals surface area contributed by atoms with E-state index in [4.69, 9.17) is 9.47 Å². The topological polar surface area (TPSA) is 69.5 Å². The number of carbonyl (C=O) groups excluding carboxylic acids is 1. The van der Waals surface area contributed by atoms with Crippen molar-refractivity contribution in [3.63, 3.8) is 0 Å². The fourth-order valence-electron chi connectivity index (χ4n) is 3.85. The lowest BCUT2D eigenvalue weighted by Gasteiger charge is -2.33. The lowest BCUT2D eigenvalue weighted by molar-refractivity contribution is -0.142. The molecule has 0 spiro atoms. The zero-order chi connectivity index (χ0) is 17.9. The monoisotopic (exact) mass is 356 g/mol. The number of methoxy groups -OCH3 is 1. The van der Waals surface area contributed by atoms with Crippen LogP contribution in [-0.4, -0.2) is 58.5 Å². The number of aromatic nitrogens is 3. The van der Waals surface area contributed by atoms with E-state index in [1.165, 1.54) is 0 Å². The van der Waals surface area contributed by atoms with Crippen LogP contribution in [-0.2, 0) is 9.53 Å². The second kappa shape index (κ2) is 7.45. The van der Waals surface area contributed by atoms with Gasteiger partial charge in [0, 0.05) is 25.6 Å². The third-order valence-electron chi connectivity index (χ3n) is 5.26. The third kappa shape index (κ3) is 3.19. The molecule has 7 heteroatoms. The molecular weight excluding hydrogens is 332 g/mol. The SMILES string of the molecule is COc1ccccc1-n1ncnc1C1CCN(C(=O)C2CCCO2)CC1. The molecule has 3 heterocycles. The van der Waals surface area contributed by atoms with Gasteiger partial charge in [-0.05, 0) is 37.8 Å². The van der Waals surface area contributed by atoms with Crippen LogP contribution in [0.4, 0.5) is 0 Å². The van der Waals surface area contributed by atoms with E-state index < -0.39 is 0 Å². The van der Waals surface area contributed by atoms with E-state index in [9.17, 15) is 4.79 Å². The first-order valence-electron chi connectivity index (χ1n) is 9.21. The summed E-state index contributed by atoms with van der Waals surface area (Å²) in [5, 5.41) is 4.41. The summed E-state index contributed by atoms with van der Waals surface area (Å²) in [6.45, 7) is 2.18. The average Bonchev–Trinajstić information content (AvgIpc) is 3.39. The van der Waals surface area contributed by atoms with Gasteiger partial charge in [0.05, 0.1) is 7.11 Å². The fraction of sp³-hybridized carbons (Fsp3) is 0.526. The van der Waals surface area contributed by atoms with E-state index in [1.807, 2.05) is 33.8 Å². The fourth-order valence-corrected chi connectivity index (χ4v) is 3.85. The minimum Gasteiger partial charge on any atom is -0.494 e. The Labute approximate surface area is 152 Å². The molecule has 0 bridgehead atoms. The van der Waals surface area contributed by atoms with Crippen LogP contribution in [0.15, 0.2) is 30.6 Å². The normalized spacial score (nSPS) is 21.1. The van der Waals surface area contributed by atoms with Crippen LogP contribution in [0, 0.1) is 0 Å². The second-order valence-electron chi connectivity index (χ2n) is 6.80. The number of rotatable bonds is 4. The largest absolute Gasteiger partial charge is 0.494 e. The zero-order valence-electron chi connectivity index (χ0n) is 15.0. The molecule has 1 unspecified atom stereocenters. The Morgan fingerprint density at radius 2 is 2.04 bits per heavy atom. The molecule has 2 aromatic rings. The molecule has 2 fully saturated rings. The Bertz CT molecular complexity index is 762. The molecule has 0 radical (unpaired) electrons. The lowest BCUT2D eigenvalue weighted by atomic mass is 9.95. The summed E-state index contributed by atoms with van der Waals surface area (Å²) >= 11 is 0. The molecule has 2 aliphatic rings. The molecule has 26 heavy (non-hydrogen) atoms. The number of benzene rings is 1. The second-order valence-corrected chi connectivity index (χ2v) is 6.80. The van der Waals surface area contributed by atoms with Crippen LogP contribution in [0.3, 0.4) is 0 Å². The average molecular weight is 356 g/mol. The summed E-state index contributed by atoms with van der Waals surface area (Å²) in [4.78, 5) is 19.0. The van der Waals surface area contributed by atoms with Crippen molar-refractivity contribution in [2.75, 3.05) is 26.8 Å². The highest BCUT2D eigenvalue weighted by Gasteiger charge is 2.32. The maximum atomic E-state index is 12.5. The van der Waals surface area contributed by atoms with E-state index in [0.29, 0.717) is 6.61 Å². The van der Waals surface area contributed by atoms with Crippen LogP contribution in [0.1, 0.15) is 37.4 Å². The van der Waals surface area contributed by atoms with Crippen molar-refractivity contribution in [1.29, 1.82) is 0 Å². The van der Waals surface area contributed by atoms with Gasteiger partial charge in [-0.1, -0.05) is 12.1 Å². The molecule has 138 valence electrons. The van der Waals surface area contributed by atoms with Crippen LogP contribution >= 0.6 is 0 Å². The zero-order valence-corrected chi connectivity index (χ0v) is 15.0. The van der Waals surface area contributed by atoms with E-state index in [0.717, 1.165) is 56.0 Å². The Kier molecular flexibility index (Phi) is 4.88. The maximum absolute atomic E-state index is 12.5. The molecule has 1 atom stereocenters. The van der Waals surface area contributed by atoms with Crippen LogP contribution < -0.4 is 4.74 Å². The van der Waals surface area contributed by atoms with Crippen molar-refractivity contribution in [3.8, 4) is 11.4 Å². The molecule has 1 aromatic carbocycles. The standard InChI is InChI=1S/C19H24N4O3/c1-25-16-6-3-2-5-15(16)23-18(20-13-21-23)14-8-10-22(11-9-14)19(24)17-7-4-12-26-17/h2-3,5-6,13-14,17H,4,7-12H2,1H3. The first-order valence-corrected chi connectivity index (χ1v) is 9.21. The first kappa shape index (κ1) is 17.0. The summed E-state index contributed by atoms with van der Waals surface area (Å²) in [6.07, 6.45) is 4.95. The maximum Gasteiger partial charge on any atom is 0.251 e. The highest BCUT2D eigenvalue weighted by molar-refractivity contribution is 5.81. The molecule has 2 saturated heterocycles. The number of piperidine rings is 1. The van der Waals surface area contributed by atoms with Crippen molar-refractivity contribution in [1.82, 2.24) is 19.7 Å². The molecule has 1 aromatic heterocycles. The minimum atomic E-state index is -0.233. The summed E-state index contributed by atoms with van der Waals surface area (Å²) in [5.74, 6) is 2.12. The van der Waals surface area contributed by atoms with Crippen molar-refractivity contribution in [2.45, 2.75) is 37.7 Å². The first-order chi connectivity index (χ1) is 12.8. The van der Waals surface area contributed by atoms with Gasteiger partial charge in [-0.3, -0.25) is 4.79 Å². The number of para-hydroxylation sites is 2. The number of carbonyl (C=O) groups is 1. The van der Waals surface area contributed by atoms with E-state index in [-0.39, 0.29) is 17.9 Å². The molecule has 1 amide bonds. The Morgan fingerprint density at radius 1 is 1.23 bits per heavy atom. The Balaban J connectivity index is 1.47. The van der Waals surface area contributed by atoms with E-state index >= 15 is 0 Å².